The fraction of sp³-hybridized carbons (Fsp3) is 0.381. The molecule has 1 N–H and O–H groups in total. The minimum absolute atomic E-state index is 0.166. The van der Waals surface area contributed by atoms with Crippen LogP contribution in [0, 0.1) is 5.82 Å². The normalized spacial score (nSPS) is 14.6. The fourth-order valence-corrected chi connectivity index (χ4v) is 3.21. The molecular formula is C21H23FO4. The second-order valence-electron chi connectivity index (χ2n) is 7.27. The van der Waals surface area contributed by atoms with Crippen molar-refractivity contribution in [3.8, 4) is 11.5 Å². The van der Waals surface area contributed by atoms with E-state index in [2.05, 4.69) is 0 Å². The lowest BCUT2D eigenvalue weighted by atomic mass is 10.0. The number of aryl methyl sites for hydroxylation is 1. The molecule has 0 spiro atoms. The summed E-state index contributed by atoms with van der Waals surface area (Å²) in [7, 11) is 0. The monoisotopic (exact) mass is 358 g/mol. The van der Waals surface area contributed by atoms with Crippen molar-refractivity contribution in [2.45, 2.75) is 51.7 Å². The minimum Gasteiger partial charge on any atom is -0.489 e. The predicted octanol–water partition coefficient (Wildman–Crippen LogP) is 4.53. The van der Waals surface area contributed by atoms with Crippen molar-refractivity contribution in [1.82, 2.24) is 0 Å². The largest absolute Gasteiger partial charge is 0.489 e. The van der Waals surface area contributed by atoms with Crippen molar-refractivity contribution in [2.24, 2.45) is 0 Å². The third-order valence-electron chi connectivity index (χ3n) is 4.38. The zero-order chi connectivity index (χ0) is 18.7. The summed E-state index contributed by atoms with van der Waals surface area (Å²) < 4.78 is 25.6. The number of rotatable bonds is 7. The molecule has 0 atom stereocenters. The van der Waals surface area contributed by atoms with Gasteiger partial charge in [-0.1, -0.05) is 12.1 Å². The highest BCUT2D eigenvalue weighted by atomic mass is 19.1. The van der Waals surface area contributed by atoms with Gasteiger partial charge in [0.25, 0.3) is 0 Å². The smallest absolute Gasteiger partial charge is 0.303 e. The van der Waals surface area contributed by atoms with Crippen molar-refractivity contribution in [3.05, 3.63) is 58.9 Å². The molecule has 1 heterocycles. The molecule has 2 aromatic rings. The van der Waals surface area contributed by atoms with Crippen LogP contribution in [0.1, 0.15) is 43.4 Å². The molecule has 0 aromatic heterocycles. The maximum absolute atomic E-state index is 13.9. The molecule has 3 rings (SSSR count). The van der Waals surface area contributed by atoms with Gasteiger partial charge in [0.05, 0.1) is 0 Å². The van der Waals surface area contributed by atoms with Crippen LogP contribution in [-0.2, 0) is 24.2 Å². The Bertz CT molecular complexity index is 796. The Morgan fingerprint density at radius 2 is 2.00 bits per heavy atom. The van der Waals surface area contributed by atoms with E-state index in [0.29, 0.717) is 30.6 Å². The average molecular weight is 358 g/mol. The van der Waals surface area contributed by atoms with Gasteiger partial charge in [-0.3, -0.25) is 4.79 Å². The fourth-order valence-electron chi connectivity index (χ4n) is 3.21. The van der Waals surface area contributed by atoms with Crippen LogP contribution in [0.4, 0.5) is 4.39 Å². The second-order valence-corrected chi connectivity index (χ2v) is 7.27. The van der Waals surface area contributed by atoms with Gasteiger partial charge in [0.15, 0.2) is 0 Å². The second kappa shape index (κ2) is 7.36. The number of ether oxygens (including phenoxy) is 2. The number of hydrogen-bond acceptors (Lipinski definition) is 3. The molecule has 0 fully saturated rings. The van der Waals surface area contributed by atoms with E-state index >= 15 is 0 Å². The lowest BCUT2D eigenvalue weighted by molar-refractivity contribution is -0.137. The summed E-state index contributed by atoms with van der Waals surface area (Å²) in [5, 5.41) is 8.68. The number of fused-ring (bicyclic) bond motifs is 1. The number of carbonyl (C=O) groups is 1. The molecule has 0 bridgehead atoms. The lowest BCUT2D eigenvalue weighted by Crippen LogP contribution is -2.25. The number of hydrogen-bond donors (Lipinski definition) is 1. The van der Waals surface area contributed by atoms with Gasteiger partial charge in [-0.25, -0.2) is 4.39 Å². The van der Waals surface area contributed by atoms with Gasteiger partial charge in [0.1, 0.15) is 29.5 Å². The van der Waals surface area contributed by atoms with Crippen LogP contribution in [0.5, 0.6) is 11.5 Å². The van der Waals surface area contributed by atoms with E-state index in [1.165, 1.54) is 12.1 Å². The Balaban J connectivity index is 1.62. The Morgan fingerprint density at radius 3 is 2.69 bits per heavy atom. The molecule has 138 valence electrons. The average Bonchev–Trinajstić information content (AvgIpc) is 2.87. The molecule has 26 heavy (non-hydrogen) atoms. The highest BCUT2D eigenvalue weighted by Gasteiger charge is 2.32. The first kappa shape index (κ1) is 18.2. The molecule has 0 amide bonds. The Kier molecular flexibility index (Phi) is 5.16. The first-order chi connectivity index (χ1) is 12.3. The van der Waals surface area contributed by atoms with Crippen LogP contribution in [-0.4, -0.2) is 16.7 Å². The maximum Gasteiger partial charge on any atom is 0.303 e. The standard InChI is InChI=1S/C21H23FO4/c1-21(2)12-15-10-17(22)11-16(20(15)26-21)13-25-18-8-6-14(7-9-18)4-3-5-19(23)24/h6-11H,3-5,12-13H2,1-2H3,(H,23,24). The highest BCUT2D eigenvalue weighted by Crippen LogP contribution is 2.38. The molecule has 0 aliphatic carbocycles. The van der Waals surface area contributed by atoms with Gasteiger partial charge in [-0.2, -0.15) is 0 Å². The van der Waals surface area contributed by atoms with E-state index in [9.17, 15) is 9.18 Å². The molecular weight excluding hydrogens is 335 g/mol. The zero-order valence-corrected chi connectivity index (χ0v) is 15.0. The summed E-state index contributed by atoms with van der Waals surface area (Å²) in [6, 6.07) is 10.5. The van der Waals surface area contributed by atoms with Crippen LogP contribution >= 0.6 is 0 Å². The third kappa shape index (κ3) is 4.54. The summed E-state index contributed by atoms with van der Waals surface area (Å²) >= 11 is 0. The van der Waals surface area contributed by atoms with Crippen LogP contribution < -0.4 is 9.47 Å². The summed E-state index contributed by atoms with van der Waals surface area (Å²) in [5.74, 6) is 0.347. The molecule has 1 aliphatic rings. The SMILES string of the molecule is CC1(C)Cc2cc(F)cc(COc3ccc(CCCC(=O)O)cc3)c2O1. The zero-order valence-electron chi connectivity index (χ0n) is 15.0. The number of benzene rings is 2. The van der Waals surface area contributed by atoms with Crippen molar-refractivity contribution in [3.63, 3.8) is 0 Å². The van der Waals surface area contributed by atoms with E-state index in [1.807, 2.05) is 38.1 Å². The quantitative estimate of drug-likeness (QED) is 0.790. The van der Waals surface area contributed by atoms with Gasteiger partial charge in [-0.05, 0) is 56.5 Å². The van der Waals surface area contributed by atoms with E-state index in [-0.39, 0.29) is 24.4 Å². The number of halogens is 1. The van der Waals surface area contributed by atoms with Crippen molar-refractivity contribution < 1.29 is 23.8 Å². The van der Waals surface area contributed by atoms with E-state index in [1.54, 1.807) is 0 Å². The molecule has 2 aromatic carbocycles. The van der Waals surface area contributed by atoms with Gasteiger partial charge >= 0.3 is 5.97 Å². The molecule has 0 saturated heterocycles. The van der Waals surface area contributed by atoms with E-state index < -0.39 is 5.97 Å². The molecule has 1 aliphatic heterocycles. The minimum atomic E-state index is -0.780. The number of carboxylic acid groups (broad SMARTS) is 1. The first-order valence-electron chi connectivity index (χ1n) is 8.76. The Labute approximate surface area is 152 Å². The Hall–Kier alpha value is -2.56. The summed E-state index contributed by atoms with van der Waals surface area (Å²) in [6.07, 6.45) is 2.17. The highest BCUT2D eigenvalue weighted by molar-refractivity contribution is 5.66. The summed E-state index contributed by atoms with van der Waals surface area (Å²) in [5.41, 5.74) is 2.32. The van der Waals surface area contributed by atoms with Crippen molar-refractivity contribution >= 4 is 5.97 Å². The third-order valence-corrected chi connectivity index (χ3v) is 4.38. The van der Waals surface area contributed by atoms with Gasteiger partial charge in [0.2, 0.25) is 0 Å². The first-order valence-corrected chi connectivity index (χ1v) is 8.76. The van der Waals surface area contributed by atoms with Crippen LogP contribution in [0.15, 0.2) is 36.4 Å². The molecule has 0 radical (unpaired) electrons. The predicted molar refractivity (Wildman–Crippen MR) is 96.2 cm³/mol. The van der Waals surface area contributed by atoms with Gasteiger partial charge < -0.3 is 14.6 Å². The van der Waals surface area contributed by atoms with Crippen LogP contribution in [0.25, 0.3) is 0 Å². The topological polar surface area (TPSA) is 55.8 Å². The number of carboxylic acids is 1. The maximum atomic E-state index is 13.9. The molecule has 0 unspecified atom stereocenters. The summed E-state index contributed by atoms with van der Waals surface area (Å²) in [4.78, 5) is 10.6. The molecule has 4 nitrogen and oxygen atoms in total. The van der Waals surface area contributed by atoms with E-state index in [4.69, 9.17) is 14.6 Å². The van der Waals surface area contributed by atoms with E-state index in [0.717, 1.165) is 16.9 Å². The molecule has 5 heteroatoms. The van der Waals surface area contributed by atoms with Gasteiger partial charge in [0, 0.05) is 24.0 Å². The van der Waals surface area contributed by atoms with Crippen LogP contribution in [0.2, 0.25) is 0 Å². The Morgan fingerprint density at radius 1 is 1.27 bits per heavy atom. The van der Waals surface area contributed by atoms with Crippen molar-refractivity contribution in [2.75, 3.05) is 0 Å². The van der Waals surface area contributed by atoms with Gasteiger partial charge in [-0.15, -0.1) is 0 Å². The number of aliphatic carboxylic acids is 1. The van der Waals surface area contributed by atoms with Crippen molar-refractivity contribution in [1.29, 1.82) is 0 Å². The van der Waals surface area contributed by atoms with Crippen LogP contribution in [0.3, 0.4) is 0 Å². The lowest BCUT2D eigenvalue weighted by Gasteiger charge is -2.18. The molecule has 0 saturated carbocycles. The summed E-state index contributed by atoms with van der Waals surface area (Å²) in [6.45, 7) is 4.20.